The molecule has 2 heterocycles. The molecule has 10 heteroatoms. The first-order valence-corrected chi connectivity index (χ1v) is 10.8. The van der Waals surface area contributed by atoms with Crippen molar-refractivity contribution in [2.75, 3.05) is 25.0 Å². The molecule has 156 valence electrons. The van der Waals surface area contributed by atoms with Crippen LogP contribution < -0.4 is 20.2 Å². The molecule has 3 aromatic rings. The van der Waals surface area contributed by atoms with E-state index >= 15 is 0 Å². The van der Waals surface area contributed by atoms with E-state index in [4.69, 9.17) is 9.47 Å². The Morgan fingerprint density at radius 3 is 2.77 bits per heavy atom. The molecule has 0 aliphatic carbocycles. The molecule has 30 heavy (non-hydrogen) atoms. The first kappa shape index (κ1) is 20.5. The minimum atomic E-state index is -0.479. The van der Waals surface area contributed by atoms with Crippen LogP contribution >= 0.6 is 27.7 Å². The molecule has 1 aliphatic heterocycles. The van der Waals surface area contributed by atoms with Gasteiger partial charge in [-0.2, -0.15) is 0 Å². The van der Waals surface area contributed by atoms with E-state index in [0.717, 1.165) is 21.6 Å². The second kappa shape index (κ2) is 8.57. The average Bonchev–Trinajstić information content (AvgIpc) is 3.12. The summed E-state index contributed by atoms with van der Waals surface area (Å²) in [4.78, 5) is 13.3. The number of hydrogen-bond acceptors (Lipinski definition) is 7. The third-order valence-corrected chi connectivity index (χ3v) is 6.56. The first-order valence-electron chi connectivity index (χ1n) is 9.13. The Hall–Kier alpha value is -2.72. The summed E-state index contributed by atoms with van der Waals surface area (Å²) in [5, 5.41) is 11.5. The molecule has 0 fully saturated rings. The zero-order chi connectivity index (χ0) is 21.3. The van der Waals surface area contributed by atoms with Crippen LogP contribution in [0.2, 0.25) is 0 Å². The van der Waals surface area contributed by atoms with Gasteiger partial charge in [-0.05, 0) is 52.7 Å². The number of aryl methyl sites for hydroxylation is 1. The molecule has 1 aliphatic rings. The maximum atomic E-state index is 13.3. The molecule has 0 saturated heterocycles. The Bertz CT molecular complexity index is 1090. The first-order chi connectivity index (χ1) is 14.5. The zero-order valence-corrected chi connectivity index (χ0v) is 19.0. The summed E-state index contributed by atoms with van der Waals surface area (Å²) >= 11 is 4.90. The fraction of sp³-hybridized carbons (Fsp3) is 0.250. The standard InChI is InChI=1S/C20H20BrN5O3S/c1-11-23-24-20-26(11)25-17(12-7-8-16(29-3)15(21)9-12)18(30-20)19(27)22-13-5-4-6-14(10-13)28-2/h4-10,17-18,25H,1-3H3,(H,22,27). The second-order valence-electron chi connectivity index (χ2n) is 6.63. The molecule has 2 N–H and O–H groups in total. The van der Waals surface area contributed by atoms with E-state index in [2.05, 4.69) is 36.9 Å². The predicted octanol–water partition coefficient (Wildman–Crippen LogP) is 3.76. The lowest BCUT2D eigenvalue weighted by Crippen LogP contribution is -2.41. The highest BCUT2D eigenvalue weighted by Gasteiger charge is 2.37. The van der Waals surface area contributed by atoms with Gasteiger partial charge in [0.2, 0.25) is 11.1 Å². The van der Waals surface area contributed by atoms with Gasteiger partial charge in [-0.15, -0.1) is 10.2 Å². The number of methoxy groups -OCH3 is 2. The largest absolute Gasteiger partial charge is 0.497 e. The SMILES string of the molecule is COc1cccc(NC(=O)C2Sc3nnc(C)n3NC2c2ccc(OC)c(Br)c2)c1. The van der Waals surface area contributed by atoms with Crippen molar-refractivity contribution in [3.63, 3.8) is 0 Å². The Labute approximate surface area is 186 Å². The smallest absolute Gasteiger partial charge is 0.240 e. The van der Waals surface area contributed by atoms with Crippen LogP contribution in [0.5, 0.6) is 11.5 Å². The lowest BCUT2D eigenvalue weighted by Gasteiger charge is -2.33. The Balaban J connectivity index is 1.67. The molecule has 2 atom stereocenters. The molecule has 2 unspecified atom stereocenters. The van der Waals surface area contributed by atoms with Gasteiger partial charge < -0.3 is 20.2 Å². The number of carbonyl (C=O) groups excluding carboxylic acids is 1. The third-order valence-electron chi connectivity index (χ3n) is 4.73. The molecule has 0 radical (unpaired) electrons. The van der Waals surface area contributed by atoms with Gasteiger partial charge in [0.15, 0.2) is 0 Å². The van der Waals surface area contributed by atoms with Crippen molar-refractivity contribution in [2.45, 2.75) is 23.4 Å². The molecule has 1 amide bonds. The van der Waals surface area contributed by atoms with Crippen LogP contribution in [0.3, 0.4) is 0 Å². The van der Waals surface area contributed by atoms with Crippen LogP contribution in [0.25, 0.3) is 0 Å². The van der Waals surface area contributed by atoms with Crippen LogP contribution in [0.4, 0.5) is 5.69 Å². The number of thioether (sulfide) groups is 1. The summed E-state index contributed by atoms with van der Waals surface area (Å²) in [5.74, 6) is 1.97. The van der Waals surface area contributed by atoms with Gasteiger partial charge in [0, 0.05) is 11.8 Å². The molecule has 1 aromatic heterocycles. The van der Waals surface area contributed by atoms with Gasteiger partial charge in [-0.25, -0.2) is 4.68 Å². The van der Waals surface area contributed by atoms with E-state index in [-0.39, 0.29) is 11.9 Å². The molecule has 0 spiro atoms. The van der Waals surface area contributed by atoms with E-state index in [9.17, 15) is 4.79 Å². The van der Waals surface area contributed by atoms with Crippen molar-refractivity contribution < 1.29 is 14.3 Å². The van der Waals surface area contributed by atoms with Crippen LogP contribution in [0.1, 0.15) is 17.4 Å². The Kier molecular flexibility index (Phi) is 5.87. The lowest BCUT2D eigenvalue weighted by atomic mass is 10.0. The fourth-order valence-corrected chi connectivity index (χ4v) is 4.88. The van der Waals surface area contributed by atoms with E-state index < -0.39 is 5.25 Å². The van der Waals surface area contributed by atoms with Gasteiger partial charge in [-0.3, -0.25) is 4.79 Å². The second-order valence-corrected chi connectivity index (χ2v) is 8.59. The number of ether oxygens (including phenoxy) is 2. The van der Waals surface area contributed by atoms with E-state index in [1.165, 1.54) is 11.8 Å². The highest BCUT2D eigenvalue weighted by atomic mass is 79.9. The van der Waals surface area contributed by atoms with Crippen LogP contribution in [0, 0.1) is 6.92 Å². The normalized spacial score (nSPS) is 17.6. The molecule has 8 nitrogen and oxygen atoms in total. The highest BCUT2D eigenvalue weighted by molar-refractivity contribution is 9.10. The fourth-order valence-electron chi connectivity index (χ4n) is 3.20. The van der Waals surface area contributed by atoms with Crippen molar-refractivity contribution >= 4 is 39.3 Å². The Morgan fingerprint density at radius 1 is 1.20 bits per heavy atom. The van der Waals surface area contributed by atoms with Crippen molar-refractivity contribution in [1.82, 2.24) is 14.9 Å². The number of anilines is 1. The van der Waals surface area contributed by atoms with Gasteiger partial charge in [0.05, 0.1) is 24.7 Å². The van der Waals surface area contributed by atoms with Crippen LogP contribution in [-0.4, -0.2) is 40.3 Å². The maximum absolute atomic E-state index is 13.3. The summed E-state index contributed by atoms with van der Waals surface area (Å²) in [6, 6.07) is 12.7. The molecule has 2 aromatic carbocycles. The highest BCUT2D eigenvalue weighted by Crippen LogP contribution is 2.39. The Morgan fingerprint density at radius 2 is 2.03 bits per heavy atom. The number of amides is 1. The van der Waals surface area contributed by atoms with Gasteiger partial charge >= 0.3 is 0 Å². The topological polar surface area (TPSA) is 90.3 Å². The van der Waals surface area contributed by atoms with Crippen molar-refractivity contribution in [3.8, 4) is 11.5 Å². The monoisotopic (exact) mass is 489 g/mol. The molecular formula is C20H20BrN5O3S. The van der Waals surface area contributed by atoms with E-state index in [0.29, 0.717) is 16.6 Å². The van der Waals surface area contributed by atoms with Gasteiger partial charge in [0.1, 0.15) is 22.6 Å². The lowest BCUT2D eigenvalue weighted by molar-refractivity contribution is -0.116. The summed E-state index contributed by atoms with van der Waals surface area (Å²) in [6.07, 6.45) is 0. The number of halogens is 1. The third kappa shape index (κ3) is 3.97. The molecule has 0 saturated carbocycles. The summed E-state index contributed by atoms with van der Waals surface area (Å²) in [6.45, 7) is 1.86. The molecule has 4 rings (SSSR count). The predicted molar refractivity (Wildman–Crippen MR) is 119 cm³/mol. The number of hydrogen-bond donors (Lipinski definition) is 2. The quantitative estimate of drug-likeness (QED) is 0.563. The number of nitrogens with zero attached hydrogens (tertiary/aromatic N) is 3. The van der Waals surface area contributed by atoms with E-state index in [1.54, 1.807) is 20.3 Å². The minimum absolute atomic E-state index is 0.149. The maximum Gasteiger partial charge on any atom is 0.240 e. The van der Waals surface area contributed by atoms with Crippen molar-refractivity contribution in [3.05, 3.63) is 58.3 Å². The summed E-state index contributed by atoms with van der Waals surface area (Å²) in [7, 11) is 3.21. The summed E-state index contributed by atoms with van der Waals surface area (Å²) < 4.78 is 13.2. The summed E-state index contributed by atoms with van der Waals surface area (Å²) in [5.41, 5.74) is 4.98. The number of rotatable bonds is 5. The number of fused-ring (bicyclic) bond motifs is 1. The van der Waals surface area contributed by atoms with Gasteiger partial charge in [-0.1, -0.05) is 23.9 Å². The number of aromatic nitrogens is 3. The van der Waals surface area contributed by atoms with Crippen molar-refractivity contribution in [2.24, 2.45) is 0 Å². The van der Waals surface area contributed by atoms with E-state index in [1.807, 2.05) is 48.0 Å². The molecular weight excluding hydrogens is 470 g/mol. The average molecular weight is 490 g/mol. The van der Waals surface area contributed by atoms with Crippen molar-refractivity contribution in [1.29, 1.82) is 0 Å². The zero-order valence-electron chi connectivity index (χ0n) is 16.5. The molecule has 0 bridgehead atoms. The number of benzene rings is 2. The van der Waals surface area contributed by atoms with Gasteiger partial charge in [0.25, 0.3) is 0 Å². The number of carbonyl (C=O) groups is 1. The van der Waals surface area contributed by atoms with Crippen LogP contribution in [0.15, 0.2) is 52.1 Å². The van der Waals surface area contributed by atoms with Crippen LogP contribution in [-0.2, 0) is 4.79 Å². The number of nitrogens with one attached hydrogen (secondary N) is 2. The minimum Gasteiger partial charge on any atom is -0.497 e.